The molecule has 0 aromatic heterocycles. The van der Waals surface area contributed by atoms with E-state index in [1.165, 1.54) is 18.6 Å². The molecule has 1 heterocycles. The Balaban J connectivity index is 1.90. The molecule has 1 amide bonds. The van der Waals surface area contributed by atoms with Crippen LogP contribution in [0, 0.1) is 11.7 Å². The van der Waals surface area contributed by atoms with Gasteiger partial charge in [-0.25, -0.2) is 4.39 Å². The van der Waals surface area contributed by atoms with Crippen molar-refractivity contribution >= 4 is 23.2 Å². The van der Waals surface area contributed by atoms with Crippen LogP contribution in [0.5, 0.6) is 0 Å². The summed E-state index contributed by atoms with van der Waals surface area (Å²) in [5, 5.41) is 2.91. The molecule has 1 aromatic rings. The summed E-state index contributed by atoms with van der Waals surface area (Å²) in [6.07, 6.45) is 2.33. The number of carbonyl (C=O) groups excluding carboxylic acids is 1. The minimum atomic E-state index is -0.507. The largest absolute Gasteiger partial charge is 0.322 e. The van der Waals surface area contributed by atoms with Crippen molar-refractivity contribution in [2.75, 3.05) is 25.0 Å². The molecule has 3 nitrogen and oxygen atoms in total. The first-order valence-corrected chi connectivity index (χ1v) is 6.89. The standard InChI is InChI=1S/C14H18ClFN2O/c1-10-3-2-6-18(8-10)9-14(19)17-13-5-4-11(15)7-12(13)16/h4-5,7,10H,2-3,6,8-9H2,1H3,(H,17,19)/t10-/m0/s1. The maximum absolute atomic E-state index is 13.5. The molecule has 0 spiro atoms. The molecule has 5 heteroatoms. The molecule has 1 saturated heterocycles. The van der Waals surface area contributed by atoms with E-state index in [-0.39, 0.29) is 11.6 Å². The molecule has 1 atom stereocenters. The molecule has 0 bridgehead atoms. The Kier molecular flexibility index (Phi) is 4.77. The summed E-state index contributed by atoms with van der Waals surface area (Å²) in [7, 11) is 0. The smallest absolute Gasteiger partial charge is 0.238 e. The molecule has 1 aliphatic rings. The minimum Gasteiger partial charge on any atom is -0.322 e. The number of rotatable bonds is 3. The summed E-state index contributed by atoms with van der Waals surface area (Å²) < 4.78 is 13.5. The molecule has 1 aromatic carbocycles. The van der Waals surface area contributed by atoms with Gasteiger partial charge in [-0.2, -0.15) is 0 Å². The normalized spacial score (nSPS) is 20.3. The highest BCUT2D eigenvalue weighted by atomic mass is 35.5. The topological polar surface area (TPSA) is 32.3 Å². The van der Waals surface area contributed by atoms with Crippen molar-refractivity contribution in [3.8, 4) is 0 Å². The van der Waals surface area contributed by atoms with Crippen molar-refractivity contribution in [3.63, 3.8) is 0 Å². The SMILES string of the molecule is C[C@H]1CCCN(CC(=O)Nc2ccc(Cl)cc2F)C1. The highest BCUT2D eigenvalue weighted by molar-refractivity contribution is 6.30. The third kappa shape index (κ3) is 4.18. The van der Waals surface area contributed by atoms with Gasteiger partial charge in [0.15, 0.2) is 0 Å². The average molecular weight is 285 g/mol. The summed E-state index contributed by atoms with van der Waals surface area (Å²) in [4.78, 5) is 14.0. The number of piperidine rings is 1. The van der Waals surface area contributed by atoms with Gasteiger partial charge in [-0.15, -0.1) is 0 Å². The van der Waals surface area contributed by atoms with Gasteiger partial charge in [0.25, 0.3) is 0 Å². The Morgan fingerprint density at radius 3 is 3.05 bits per heavy atom. The number of hydrogen-bond donors (Lipinski definition) is 1. The zero-order chi connectivity index (χ0) is 13.8. The highest BCUT2D eigenvalue weighted by Gasteiger charge is 2.18. The number of carbonyl (C=O) groups is 1. The predicted molar refractivity (Wildman–Crippen MR) is 74.9 cm³/mol. The highest BCUT2D eigenvalue weighted by Crippen LogP contribution is 2.19. The van der Waals surface area contributed by atoms with Crippen LogP contribution in [0.15, 0.2) is 18.2 Å². The van der Waals surface area contributed by atoms with Crippen molar-refractivity contribution in [1.29, 1.82) is 0 Å². The van der Waals surface area contributed by atoms with E-state index in [4.69, 9.17) is 11.6 Å². The van der Waals surface area contributed by atoms with Gasteiger partial charge in [-0.05, 0) is 43.5 Å². The Morgan fingerprint density at radius 1 is 1.58 bits per heavy atom. The second kappa shape index (κ2) is 6.35. The lowest BCUT2D eigenvalue weighted by Crippen LogP contribution is -2.39. The monoisotopic (exact) mass is 284 g/mol. The number of nitrogens with zero attached hydrogens (tertiary/aromatic N) is 1. The first kappa shape index (κ1) is 14.3. The van der Waals surface area contributed by atoms with Crippen LogP contribution >= 0.6 is 11.6 Å². The van der Waals surface area contributed by atoms with Gasteiger partial charge in [0.1, 0.15) is 5.82 Å². The molecule has 2 rings (SSSR count). The Hall–Kier alpha value is -1.13. The van der Waals surface area contributed by atoms with Crippen molar-refractivity contribution in [2.24, 2.45) is 5.92 Å². The Bertz CT molecular complexity index is 467. The Labute approximate surface area is 117 Å². The molecule has 19 heavy (non-hydrogen) atoms. The quantitative estimate of drug-likeness (QED) is 0.925. The van der Waals surface area contributed by atoms with E-state index < -0.39 is 5.82 Å². The van der Waals surface area contributed by atoms with E-state index in [1.807, 2.05) is 0 Å². The molecular formula is C14H18ClFN2O. The molecular weight excluding hydrogens is 267 g/mol. The lowest BCUT2D eigenvalue weighted by molar-refractivity contribution is -0.117. The first-order chi connectivity index (χ1) is 9.04. The summed E-state index contributed by atoms with van der Waals surface area (Å²) in [5.41, 5.74) is 0.180. The molecule has 1 fully saturated rings. The summed E-state index contributed by atoms with van der Waals surface area (Å²) in [6, 6.07) is 4.23. The van der Waals surface area contributed by atoms with E-state index in [2.05, 4.69) is 17.1 Å². The first-order valence-electron chi connectivity index (χ1n) is 6.52. The number of amides is 1. The van der Waals surface area contributed by atoms with Crippen LogP contribution in [0.25, 0.3) is 0 Å². The second-order valence-electron chi connectivity index (χ2n) is 5.15. The molecule has 1 aliphatic heterocycles. The van der Waals surface area contributed by atoms with Crippen LogP contribution in [0.2, 0.25) is 5.02 Å². The molecule has 0 aliphatic carbocycles. The minimum absolute atomic E-state index is 0.180. The van der Waals surface area contributed by atoms with Gasteiger partial charge in [-0.3, -0.25) is 9.69 Å². The summed E-state index contributed by atoms with van der Waals surface area (Å²) in [5.74, 6) is -0.0722. The van der Waals surface area contributed by atoms with E-state index in [0.29, 0.717) is 17.5 Å². The fraction of sp³-hybridized carbons (Fsp3) is 0.500. The third-order valence-corrected chi connectivity index (χ3v) is 3.55. The van der Waals surface area contributed by atoms with Gasteiger partial charge in [0, 0.05) is 11.6 Å². The number of nitrogens with one attached hydrogen (secondary N) is 1. The van der Waals surface area contributed by atoms with E-state index in [0.717, 1.165) is 19.5 Å². The van der Waals surface area contributed by atoms with Gasteiger partial charge in [0.2, 0.25) is 5.91 Å². The Morgan fingerprint density at radius 2 is 2.37 bits per heavy atom. The van der Waals surface area contributed by atoms with Crippen LogP contribution < -0.4 is 5.32 Å². The molecule has 1 N–H and O–H groups in total. The van der Waals surface area contributed by atoms with Crippen LogP contribution in [0.1, 0.15) is 19.8 Å². The zero-order valence-electron chi connectivity index (χ0n) is 11.0. The summed E-state index contributed by atoms with van der Waals surface area (Å²) in [6.45, 7) is 4.35. The lowest BCUT2D eigenvalue weighted by Gasteiger charge is -2.30. The van der Waals surface area contributed by atoms with Crippen LogP contribution in [0.3, 0.4) is 0 Å². The van der Waals surface area contributed by atoms with Gasteiger partial charge in [-0.1, -0.05) is 18.5 Å². The maximum Gasteiger partial charge on any atom is 0.238 e. The maximum atomic E-state index is 13.5. The van der Waals surface area contributed by atoms with E-state index >= 15 is 0 Å². The fourth-order valence-electron chi connectivity index (χ4n) is 2.41. The van der Waals surface area contributed by atoms with Gasteiger partial charge < -0.3 is 5.32 Å². The third-order valence-electron chi connectivity index (χ3n) is 3.31. The summed E-state index contributed by atoms with van der Waals surface area (Å²) >= 11 is 5.66. The number of benzene rings is 1. The van der Waals surface area contributed by atoms with Crippen molar-refractivity contribution in [1.82, 2.24) is 4.90 Å². The average Bonchev–Trinajstić information content (AvgIpc) is 2.33. The van der Waals surface area contributed by atoms with Gasteiger partial charge in [0.05, 0.1) is 12.2 Å². The van der Waals surface area contributed by atoms with Crippen LogP contribution in [0.4, 0.5) is 10.1 Å². The van der Waals surface area contributed by atoms with Crippen LogP contribution in [-0.2, 0) is 4.79 Å². The zero-order valence-corrected chi connectivity index (χ0v) is 11.7. The van der Waals surface area contributed by atoms with Crippen molar-refractivity contribution in [3.05, 3.63) is 29.0 Å². The lowest BCUT2D eigenvalue weighted by atomic mass is 10.0. The number of halogens is 2. The van der Waals surface area contributed by atoms with Crippen molar-refractivity contribution < 1.29 is 9.18 Å². The number of likely N-dealkylation sites (tertiary alicyclic amines) is 1. The molecule has 0 radical (unpaired) electrons. The fourth-order valence-corrected chi connectivity index (χ4v) is 2.57. The predicted octanol–water partition coefficient (Wildman–Crippen LogP) is 3.15. The van der Waals surface area contributed by atoms with E-state index in [1.54, 1.807) is 6.07 Å². The number of anilines is 1. The molecule has 0 saturated carbocycles. The van der Waals surface area contributed by atoms with E-state index in [9.17, 15) is 9.18 Å². The molecule has 0 unspecified atom stereocenters. The second-order valence-corrected chi connectivity index (χ2v) is 5.59. The molecule has 104 valence electrons. The van der Waals surface area contributed by atoms with Crippen LogP contribution in [-0.4, -0.2) is 30.4 Å². The van der Waals surface area contributed by atoms with Gasteiger partial charge >= 0.3 is 0 Å². The van der Waals surface area contributed by atoms with Crippen molar-refractivity contribution in [2.45, 2.75) is 19.8 Å². The number of hydrogen-bond acceptors (Lipinski definition) is 2.